The summed E-state index contributed by atoms with van der Waals surface area (Å²) in [4.78, 5) is 68.0. The average molecular weight is 1320 g/mol. The smallest absolute Gasteiger partial charge is 0.411 e. The van der Waals surface area contributed by atoms with Gasteiger partial charge in [-0.05, 0) is 148 Å². The fourth-order valence-corrected chi connectivity index (χ4v) is 19.3. The van der Waals surface area contributed by atoms with Crippen molar-refractivity contribution in [2.24, 2.45) is 0 Å². The molecule has 9 aromatic rings. The Kier molecular flexibility index (Phi) is 16.1. The maximum Gasteiger partial charge on any atom is 0.411 e. The van der Waals surface area contributed by atoms with Crippen LogP contribution in [0.3, 0.4) is 0 Å². The molecule has 2 spiro atoms. The van der Waals surface area contributed by atoms with Gasteiger partial charge in [-0.1, -0.05) is 177 Å². The van der Waals surface area contributed by atoms with Gasteiger partial charge in [-0.15, -0.1) is 0 Å². The summed E-state index contributed by atoms with van der Waals surface area (Å²) in [5.41, 5.74) is 12.8. The maximum absolute atomic E-state index is 13.8. The summed E-state index contributed by atoms with van der Waals surface area (Å²) < 4.78 is 11.4. The lowest BCUT2D eigenvalue weighted by molar-refractivity contribution is -0.137. The number of anilines is 3. The number of nitrogens with zero attached hydrogens (tertiary/aromatic N) is 7. The SMILES string of the molecule is CCCC1(O)C(=O)N(C2CCN(C3Cc4cccc5cccc3c45)CC2)c2ccccc21.CN1CC2(OC1=O)C(=O)N(C1CCN(C3Cc4cccc5cccc3c45)CC1)c1ccccc12.CNO.O=C1N(C2CCN(C3Cc4cccc5cccc3c45)CC2)c2ccccc2C12CO2. The van der Waals surface area contributed by atoms with Crippen molar-refractivity contribution in [2.45, 2.75) is 131 Å². The van der Waals surface area contributed by atoms with Gasteiger partial charge in [0.25, 0.3) is 17.7 Å². The molecule has 8 aliphatic heterocycles. The zero-order chi connectivity index (χ0) is 67.5. The van der Waals surface area contributed by atoms with E-state index in [1.54, 1.807) is 12.5 Å². The minimum absolute atomic E-state index is 0.0945. The third kappa shape index (κ3) is 10.2. The van der Waals surface area contributed by atoms with E-state index in [1.165, 1.54) is 77.6 Å². The lowest BCUT2D eigenvalue weighted by Gasteiger charge is -2.40. The molecule has 0 bridgehead atoms. The molecular weight excluding hydrogens is 1240 g/mol. The fourth-order valence-electron chi connectivity index (χ4n) is 19.3. The van der Waals surface area contributed by atoms with E-state index in [9.17, 15) is 24.3 Å². The van der Waals surface area contributed by atoms with Crippen LogP contribution in [0.5, 0.6) is 0 Å². The van der Waals surface area contributed by atoms with Gasteiger partial charge >= 0.3 is 6.09 Å². The van der Waals surface area contributed by atoms with E-state index in [2.05, 4.69) is 141 Å². The molecule has 3 N–H and O–H groups in total. The second-order valence-corrected chi connectivity index (χ2v) is 29.1. The highest BCUT2D eigenvalue weighted by Crippen LogP contribution is 2.54. The van der Waals surface area contributed by atoms with Crippen LogP contribution in [-0.4, -0.2) is 138 Å². The topological polar surface area (TPSA) is 165 Å². The number of fused-ring (bicyclic) bond motifs is 5. The highest BCUT2D eigenvalue weighted by atomic mass is 16.6. The van der Waals surface area contributed by atoms with Crippen LogP contribution in [-0.2, 0) is 59.9 Å². The van der Waals surface area contributed by atoms with Crippen molar-refractivity contribution in [1.29, 1.82) is 0 Å². The predicted octanol–water partition coefficient (Wildman–Crippen LogP) is 12.9. The van der Waals surface area contributed by atoms with E-state index in [0.717, 1.165) is 137 Å². The number of carbonyl (C=O) groups is 4. The van der Waals surface area contributed by atoms with Gasteiger partial charge in [-0.3, -0.25) is 29.1 Å². The number of piperidine rings is 3. The van der Waals surface area contributed by atoms with Crippen LogP contribution in [0, 0.1) is 0 Å². The molecule has 16 nitrogen and oxygen atoms in total. The molecule has 4 amide bonds. The molecule has 9 aromatic carbocycles. The monoisotopic (exact) mass is 1320 g/mol. The Morgan fingerprint density at radius 3 is 1.15 bits per heavy atom. The molecular formula is C83H86N8O8. The van der Waals surface area contributed by atoms with Gasteiger partial charge in [0.2, 0.25) is 5.60 Å². The first-order valence-electron chi connectivity index (χ1n) is 36.0. The van der Waals surface area contributed by atoms with Gasteiger partial charge in [0.15, 0.2) is 11.2 Å². The third-order valence-electron chi connectivity index (χ3n) is 23.9. The van der Waals surface area contributed by atoms with E-state index in [4.69, 9.17) is 14.7 Å². The number of hydrogen-bond donors (Lipinski definition) is 3. The fraction of sp³-hybridized carbons (Fsp3) is 0.373. The molecule has 6 unspecified atom stereocenters. The number of hydrogen-bond acceptors (Lipinski definition) is 12. The van der Waals surface area contributed by atoms with Crippen molar-refractivity contribution in [2.75, 3.05) is 81.2 Å². The van der Waals surface area contributed by atoms with Crippen molar-refractivity contribution in [3.63, 3.8) is 0 Å². The molecule has 8 heterocycles. The number of aliphatic hydroxyl groups is 1. The van der Waals surface area contributed by atoms with Gasteiger partial charge in [-0.2, -0.15) is 0 Å². The summed E-state index contributed by atoms with van der Waals surface area (Å²) in [7, 11) is 3.12. The highest BCUT2D eigenvalue weighted by molar-refractivity contribution is 6.11. The number of benzene rings is 9. The summed E-state index contributed by atoms with van der Waals surface area (Å²) in [5.74, 6) is -0.0693. The van der Waals surface area contributed by atoms with Gasteiger partial charge in [0, 0.05) is 106 Å². The van der Waals surface area contributed by atoms with Crippen LogP contribution in [0.2, 0.25) is 0 Å². The van der Waals surface area contributed by atoms with E-state index < -0.39 is 22.9 Å². The number of likely N-dealkylation sites (N-methyl/N-ethyl adjacent to an activating group) is 1. The van der Waals surface area contributed by atoms with Crippen LogP contribution in [0.4, 0.5) is 21.9 Å². The second-order valence-electron chi connectivity index (χ2n) is 29.1. The maximum atomic E-state index is 13.8. The van der Waals surface area contributed by atoms with E-state index in [1.807, 2.05) is 77.4 Å². The minimum Gasteiger partial charge on any atom is -0.426 e. The Bertz CT molecular complexity index is 4670. The van der Waals surface area contributed by atoms with Gasteiger partial charge in [-0.25, -0.2) is 10.3 Å². The number of carbonyl (C=O) groups excluding carboxylic acids is 4. The predicted molar refractivity (Wildman–Crippen MR) is 385 cm³/mol. The number of likely N-dealkylation sites (tertiary alicyclic amines) is 3. The molecule has 16 heteroatoms. The number of hydroxylamine groups is 1. The van der Waals surface area contributed by atoms with Gasteiger partial charge < -0.3 is 39.4 Å². The molecule has 6 atom stereocenters. The molecule has 5 saturated heterocycles. The standard InChI is InChI=1S/C28H27N3O3.C28H30N2O2.C26H24N2O2.CH5NO/c1-29-17-28(34-27(29)33)22-10-2-3-11-23(22)31(26(28)32)20-12-14-30(15-13-20)24-16-19-8-4-6-18-7-5-9-21(24)25(18)19;1-2-15-28(32)23-11-3-4-12-24(23)30(27(28)31)21-13-16-29(17-14-21)25-18-20-9-5-7-19-8-6-10-22(25)26(19)20;29-25-26(16-30-26)21-9-1-2-10-22(21)28(25)19-11-13-27(14-12-19)23-15-18-7-3-5-17-6-4-8-20(23)24(17)18;1-2-3/h2-11,20,24H,12-17H2,1H3;3-12,21,25,32H,2,13-18H2,1H3;1-10,19,23H,11-16H2;2-3H,1H3. The van der Waals surface area contributed by atoms with Crippen LogP contribution < -0.4 is 20.2 Å². The molecule has 3 aliphatic carbocycles. The Morgan fingerprint density at radius 1 is 0.455 bits per heavy atom. The number of rotatable bonds is 8. The van der Waals surface area contributed by atoms with Crippen LogP contribution in [0.25, 0.3) is 32.3 Å². The first kappa shape index (κ1) is 63.6. The van der Waals surface area contributed by atoms with Crippen molar-refractivity contribution < 1.29 is 39.0 Å². The summed E-state index contributed by atoms with van der Waals surface area (Å²) >= 11 is 0. The Hall–Kier alpha value is -8.84. The third-order valence-corrected chi connectivity index (χ3v) is 23.9. The summed E-state index contributed by atoms with van der Waals surface area (Å²) in [6, 6.07) is 65.7. The molecule has 11 aliphatic rings. The van der Waals surface area contributed by atoms with E-state index in [0.29, 0.717) is 31.2 Å². The van der Waals surface area contributed by atoms with Crippen molar-refractivity contribution in [1.82, 2.24) is 25.1 Å². The second kappa shape index (κ2) is 25.1. The molecule has 20 rings (SSSR count). The molecule has 0 aromatic heterocycles. The molecule has 506 valence electrons. The largest absolute Gasteiger partial charge is 0.426 e. The molecule has 0 radical (unpaired) electrons. The molecule has 0 saturated carbocycles. The number of para-hydroxylation sites is 3. The number of ether oxygens (including phenoxy) is 2. The first-order valence-corrected chi connectivity index (χ1v) is 36.0. The van der Waals surface area contributed by atoms with Crippen LogP contribution in [0.1, 0.15) is 126 Å². The lowest BCUT2D eigenvalue weighted by atomic mass is 9.91. The van der Waals surface area contributed by atoms with Gasteiger partial charge in [0.05, 0.1) is 30.2 Å². The van der Waals surface area contributed by atoms with Crippen LogP contribution in [0.15, 0.2) is 182 Å². The van der Waals surface area contributed by atoms with Crippen molar-refractivity contribution in [3.05, 3.63) is 232 Å². The Labute approximate surface area is 578 Å². The zero-order valence-corrected chi connectivity index (χ0v) is 56.7. The molecule has 5 fully saturated rings. The van der Waals surface area contributed by atoms with Crippen molar-refractivity contribution in [3.8, 4) is 0 Å². The van der Waals surface area contributed by atoms with Gasteiger partial charge in [0.1, 0.15) is 0 Å². The van der Waals surface area contributed by atoms with Crippen molar-refractivity contribution >= 4 is 73.2 Å². The Morgan fingerprint density at radius 2 is 0.788 bits per heavy atom. The highest BCUT2D eigenvalue weighted by Gasteiger charge is 2.63. The van der Waals surface area contributed by atoms with E-state index >= 15 is 0 Å². The average Bonchev–Trinajstić information content (AvgIpc) is 1.55. The lowest BCUT2D eigenvalue weighted by Crippen LogP contribution is -2.51. The number of amides is 4. The Balaban J connectivity index is 0.000000109. The summed E-state index contributed by atoms with van der Waals surface area (Å²) in [6.45, 7) is 8.70. The number of epoxide rings is 1. The van der Waals surface area contributed by atoms with E-state index in [-0.39, 0.29) is 42.4 Å². The van der Waals surface area contributed by atoms with Crippen LogP contribution >= 0.6 is 0 Å². The summed E-state index contributed by atoms with van der Waals surface area (Å²) in [6.07, 6.45) is 9.75. The quantitative estimate of drug-likeness (QED) is 0.0975. The number of nitrogens with one attached hydrogen (secondary N) is 1. The first-order chi connectivity index (χ1) is 48.4. The summed E-state index contributed by atoms with van der Waals surface area (Å²) in [5, 5.41) is 27.0. The minimum atomic E-state index is -1.37. The zero-order valence-electron chi connectivity index (χ0n) is 56.7. The molecule has 99 heavy (non-hydrogen) atoms. The normalized spacial score (nSPS) is 26.1.